The molecular formula is C21H26N2O4S. The van der Waals surface area contributed by atoms with Crippen molar-refractivity contribution >= 4 is 27.7 Å². The van der Waals surface area contributed by atoms with Gasteiger partial charge in [-0.2, -0.15) is 0 Å². The molecule has 0 aliphatic heterocycles. The van der Waals surface area contributed by atoms with Crippen molar-refractivity contribution < 1.29 is 17.9 Å². The van der Waals surface area contributed by atoms with Crippen LogP contribution in [0.2, 0.25) is 0 Å². The van der Waals surface area contributed by atoms with Gasteiger partial charge in [-0.15, -0.1) is 0 Å². The fourth-order valence-electron chi connectivity index (χ4n) is 2.78. The Hall–Kier alpha value is -2.64. The van der Waals surface area contributed by atoms with Crippen molar-refractivity contribution in [3.63, 3.8) is 0 Å². The SMILES string of the molecule is COc1ccc(/C=C/C(=O)Nc2cc(C)cc(C)c2)cc1S(=O)(=O)NC(C)C. The third kappa shape index (κ3) is 5.94. The minimum atomic E-state index is -3.73. The van der Waals surface area contributed by atoms with E-state index in [9.17, 15) is 13.2 Å². The van der Waals surface area contributed by atoms with Crippen LogP contribution in [-0.4, -0.2) is 27.5 Å². The minimum Gasteiger partial charge on any atom is -0.495 e. The molecule has 0 saturated heterocycles. The summed E-state index contributed by atoms with van der Waals surface area (Å²) in [5.41, 5.74) is 3.40. The van der Waals surface area contributed by atoms with Crippen molar-refractivity contribution in [2.75, 3.05) is 12.4 Å². The van der Waals surface area contributed by atoms with Gasteiger partial charge in [0.05, 0.1) is 7.11 Å². The molecule has 1 amide bonds. The van der Waals surface area contributed by atoms with E-state index in [1.165, 1.54) is 19.3 Å². The third-order valence-electron chi connectivity index (χ3n) is 3.78. The number of hydrogen-bond acceptors (Lipinski definition) is 4. The minimum absolute atomic E-state index is 0.0283. The average molecular weight is 403 g/mol. The van der Waals surface area contributed by atoms with Gasteiger partial charge in [-0.05, 0) is 74.7 Å². The van der Waals surface area contributed by atoms with Crippen LogP contribution >= 0.6 is 0 Å². The molecule has 0 bridgehead atoms. The quantitative estimate of drug-likeness (QED) is 0.693. The summed E-state index contributed by atoms with van der Waals surface area (Å²) in [6.45, 7) is 7.41. The molecule has 2 aromatic carbocycles. The summed E-state index contributed by atoms with van der Waals surface area (Å²) >= 11 is 0. The van der Waals surface area contributed by atoms with Crippen molar-refractivity contribution in [1.82, 2.24) is 4.72 Å². The van der Waals surface area contributed by atoms with Gasteiger partial charge >= 0.3 is 0 Å². The molecule has 0 aromatic heterocycles. The van der Waals surface area contributed by atoms with Crippen LogP contribution in [0.1, 0.15) is 30.5 Å². The zero-order valence-electron chi connectivity index (χ0n) is 16.7. The van der Waals surface area contributed by atoms with E-state index in [1.54, 1.807) is 32.1 Å². The lowest BCUT2D eigenvalue weighted by atomic mass is 10.1. The van der Waals surface area contributed by atoms with E-state index in [4.69, 9.17) is 4.74 Å². The molecule has 0 unspecified atom stereocenters. The second-order valence-electron chi connectivity index (χ2n) is 6.89. The molecule has 0 saturated carbocycles. The van der Waals surface area contributed by atoms with Crippen molar-refractivity contribution in [3.8, 4) is 5.75 Å². The van der Waals surface area contributed by atoms with Gasteiger partial charge in [0, 0.05) is 17.8 Å². The topological polar surface area (TPSA) is 84.5 Å². The number of carbonyl (C=O) groups is 1. The van der Waals surface area contributed by atoms with Gasteiger partial charge in [0.1, 0.15) is 10.6 Å². The smallest absolute Gasteiger partial charge is 0.248 e. The average Bonchev–Trinajstić information content (AvgIpc) is 2.57. The third-order valence-corrected chi connectivity index (χ3v) is 5.46. The van der Waals surface area contributed by atoms with Gasteiger partial charge < -0.3 is 10.1 Å². The Kier molecular flexibility index (Phi) is 6.99. The predicted molar refractivity (Wildman–Crippen MR) is 112 cm³/mol. The van der Waals surface area contributed by atoms with E-state index in [2.05, 4.69) is 10.0 Å². The second kappa shape index (κ2) is 9.03. The number of carbonyl (C=O) groups excluding carboxylic acids is 1. The molecule has 0 radical (unpaired) electrons. The summed E-state index contributed by atoms with van der Waals surface area (Å²) in [4.78, 5) is 12.2. The molecule has 0 fully saturated rings. The number of methoxy groups -OCH3 is 1. The molecule has 2 rings (SSSR count). The number of benzene rings is 2. The van der Waals surface area contributed by atoms with Crippen LogP contribution in [0.25, 0.3) is 6.08 Å². The fourth-order valence-corrected chi connectivity index (χ4v) is 4.24. The van der Waals surface area contributed by atoms with Gasteiger partial charge in [-0.3, -0.25) is 4.79 Å². The largest absolute Gasteiger partial charge is 0.495 e. The van der Waals surface area contributed by atoms with Crippen LogP contribution in [0, 0.1) is 13.8 Å². The number of nitrogens with one attached hydrogen (secondary N) is 2. The predicted octanol–water partition coefficient (Wildman–Crippen LogP) is 3.65. The van der Waals surface area contributed by atoms with E-state index in [1.807, 2.05) is 32.0 Å². The standard InChI is InChI=1S/C21H26N2O4S/c1-14(2)23-28(25,26)20-13-17(6-8-19(20)27-5)7-9-21(24)22-18-11-15(3)10-16(4)12-18/h6-14,23H,1-5H3,(H,22,24)/b9-7+. The molecule has 2 N–H and O–H groups in total. The summed E-state index contributed by atoms with van der Waals surface area (Å²) in [6.07, 6.45) is 2.93. The highest BCUT2D eigenvalue weighted by molar-refractivity contribution is 7.89. The van der Waals surface area contributed by atoms with Gasteiger partial charge in [-0.25, -0.2) is 13.1 Å². The van der Waals surface area contributed by atoms with Crippen LogP contribution in [0.4, 0.5) is 5.69 Å². The molecule has 6 nitrogen and oxygen atoms in total. The normalized spacial score (nSPS) is 11.8. The van der Waals surface area contributed by atoms with E-state index < -0.39 is 10.0 Å². The van der Waals surface area contributed by atoms with Gasteiger partial charge in [0.25, 0.3) is 0 Å². The van der Waals surface area contributed by atoms with Crippen LogP contribution in [-0.2, 0) is 14.8 Å². The number of anilines is 1. The van der Waals surface area contributed by atoms with Crippen LogP contribution in [0.15, 0.2) is 47.4 Å². The molecule has 28 heavy (non-hydrogen) atoms. The lowest BCUT2D eigenvalue weighted by Crippen LogP contribution is -2.30. The van der Waals surface area contributed by atoms with Crippen molar-refractivity contribution in [2.45, 2.75) is 38.6 Å². The molecule has 0 atom stereocenters. The first kappa shape index (κ1) is 21.7. The van der Waals surface area contributed by atoms with Gasteiger partial charge in [0.15, 0.2) is 0 Å². The first-order valence-corrected chi connectivity index (χ1v) is 10.4. The van der Waals surface area contributed by atoms with Crippen molar-refractivity contribution in [1.29, 1.82) is 0 Å². The second-order valence-corrected chi connectivity index (χ2v) is 8.57. The van der Waals surface area contributed by atoms with E-state index in [0.717, 1.165) is 11.1 Å². The molecule has 0 spiro atoms. The van der Waals surface area contributed by atoms with Gasteiger partial charge in [-0.1, -0.05) is 12.1 Å². The number of hydrogen-bond donors (Lipinski definition) is 2. The Balaban J connectivity index is 2.23. The Morgan fingerprint density at radius 1 is 1.07 bits per heavy atom. The Morgan fingerprint density at radius 2 is 1.71 bits per heavy atom. The maximum Gasteiger partial charge on any atom is 0.248 e. The first-order valence-electron chi connectivity index (χ1n) is 8.88. The first-order chi connectivity index (χ1) is 13.1. The molecular weight excluding hydrogens is 376 g/mol. The molecule has 0 aliphatic rings. The van der Waals surface area contributed by atoms with Crippen molar-refractivity contribution in [3.05, 3.63) is 59.2 Å². The summed E-state index contributed by atoms with van der Waals surface area (Å²) in [6, 6.07) is 10.3. The summed E-state index contributed by atoms with van der Waals surface area (Å²) in [5.74, 6) is -0.0597. The van der Waals surface area contributed by atoms with E-state index in [0.29, 0.717) is 11.3 Å². The summed E-state index contributed by atoms with van der Waals surface area (Å²) in [7, 11) is -2.32. The van der Waals surface area contributed by atoms with Crippen molar-refractivity contribution in [2.24, 2.45) is 0 Å². The van der Waals surface area contributed by atoms with E-state index >= 15 is 0 Å². The molecule has 0 heterocycles. The summed E-state index contributed by atoms with van der Waals surface area (Å²) in [5, 5.41) is 2.81. The zero-order valence-corrected chi connectivity index (χ0v) is 17.6. The number of sulfonamides is 1. The Labute approximate surface area is 166 Å². The molecule has 150 valence electrons. The maximum absolute atomic E-state index is 12.5. The summed E-state index contributed by atoms with van der Waals surface area (Å²) < 4.78 is 32.8. The van der Waals surface area contributed by atoms with Crippen LogP contribution in [0.5, 0.6) is 5.75 Å². The number of ether oxygens (including phenoxy) is 1. The highest BCUT2D eigenvalue weighted by Crippen LogP contribution is 2.25. The molecule has 0 aliphatic carbocycles. The number of rotatable bonds is 7. The van der Waals surface area contributed by atoms with Crippen LogP contribution < -0.4 is 14.8 Å². The lowest BCUT2D eigenvalue weighted by molar-refractivity contribution is -0.111. The van der Waals surface area contributed by atoms with Crippen LogP contribution in [0.3, 0.4) is 0 Å². The molecule has 2 aromatic rings. The molecule has 7 heteroatoms. The monoisotopic (exact) mass is 402 g/mol. The maximum atomic E-state index is 12.5. The van der Waals surface area contributed by atoms with E-state index in [-0.39, 0.29) is 22.6 Å². The highest BCUT2D eigenvalue weighted by Gasteiger charge is 2.20. The Morgan fingerprint density at radius 3 is 2.29 bits per heavy atom. The number of aryl methyl sites for hydroxylation is 2. The van der Waals surface area contributed by atoms with Gasteiger partial charge in [0.2, 0.25) is 15.9 Å². The zero-order chi connectivity index (χ0) is 20.9. The highest BCUT2D eigenvalue weighted by atomic mass is 32.2. The number of amides is 1. The fraction of sp³-hybridized carbons (Fsp3) is 0.286. The Bertz CT molecular complexity index is 975. The lowest BCUT2D eigenvalue weighted by Gasteiger charge is -2.13.